The lowest BCUT2D eigenvalue weighted by Gasteiger charge is -2.18. The Morgan fingerprint density at radius 2 is 1.90 bits per heavy atom. The molecule has 154 valence electrons. The molecule has 0 spiro atoms. The van der Waals surface area contributed by atoms with Gasteiger partial charge in [0.15, 0.2) is 0 Å². The molecule has 30 heavy (non-hydrogen) atoms. The van der Waals surface area contributed by atoms with Crippen LogP contribution < -0.4 is 10.6 Å². The van der Waals surface area contributed by atoms with E-state index in [-0.39, 0.29) is 31.0 Å². The highest BCUT2D eigenvalue weighted by molar-refractivity contribution is 5.88. The van der Waals surface area contributed by atoms with Gasteiger partial charge >= 0.3 is 0 Å². The molecule has 0 fully saturated rings. The van der Waals surface area contributed by atoms with E-state index in [4.69, 9.17) is 5.26 Å². The first-order valence-corrected chi connectivity index (χ1v) is 9.83. The van der Waals surface area contributed by atoms with Crippen molar-refractivity contribution in [3.63, 3.8) is 0 Å². The molecule has 1 unspecified atom stereocenters. The molecule has 7 nitrogen and oxygen atoms in total. The fourth-order valence-electron chi connectivity index (χ4n) is 3.37. The zero-order chi connectivity index (χ0) is 21.3. The number of carbonyl (C=O) groups is 2. The molecule has 3 rings (SSSR count). The van der Waals surface area contributed by atoms with Crippen LogP contribution in [0, 0.1) is 11.3 Å². The van der Waals surface area contributed by atoms with Crippen LogP contribution in [0.2, 0.25) is 0 Å². The first-order chi connectivity index (χ1) is 14.6. The third-order valence-corrected chi connectivity index (χ3v) is 4.89. The first-order valence-electron chi connectivity index (χ1n) is 9.83. The van der Waals surface area contributed by atoms with Crippen molar-refractivity contribution >= 4 is 22.7 Å². The van der Waals surface area contributed by atoms with Crippen LogP contribution in [0.15, 0.2) is 54.7 Å². The SMILES string of the molecule is N#CCNC(=O)C(Cc1ccc(O)cc1)NC(=O)CCCc1c[nH]c2ccccc12. The van der Waals surface area contributed by atoms with E-state index in [0.29, 0.717) is 6.42 Å². The zero-order valence-electron chi connectivity index (χ0n) is 16.5. The van der Waals surface area contributed by atoms with Crippen LogP contribution in [0.3, 0.4) is 0 Å². The van der Waals surface area contributed by atoms with E-state index in [2.05, 4.69) is 21.7 Å². The number of carbonyl (C=O) groups excluding carboxylic acids is 2. The van der Waals surface area contributed by atoms with E-state index < -0.39 is 11.9 Å². The second-order valence-electron chi connectivity index (χ2n) is 7.08. The summed E-state index contributed by atoms with van der Waals surface area (Å²) >= 11 is 0. The Balaban J connectivity index is 1.57. The average Bonchev–Trinajstić information content (AvgIpc) is 3.16. The van der Waals surface area contributed by atoms with Crippen molar-refractivity contribution in [2.24, 2.45) is 0 Å². The molecule has 0 saturated heterocycles. The largest absolute Gasteiger partial charge is 0.508 e. The topological polar surface area (TPSA) is 118 Å². The molecule has 7 heteroatoms. The molecule has 0 radical (unpaired) electrons. The standard InChI is InChI=1S/C23H24N4O3/c24-12-13-25-23(30)21(14-16-8-10-18(28)11-9-16)27-22(29)7-3-4-17-15-26-20-6-2-1-5-19(17)20/h1-2,5-6,8-11,15,21,26,28H,3-4,7,13-14H2,(H,25,30)(H,27,29). The average molecular weight is 404 g/mol. The van der Waals surface area contributed by atoms with Gasteiger partial charge in [-0.25, -0.2) is 0 Å². The lowest BCUT2D eigenvalue weighted by Crippen LogP contribution is -2.48. The molecule has 3 aromatic rings. The van der Waals surface area contributed by atoms with E-state index in [1.807, 2.05) is 30.5 Å². The number of hydrogen-bond acceptors (Lipinski definition) is 4. The van der Waals surface area contributed by atoms with Gasteiger partial charge in [0.1, 0.15) is 18.3 Å². The molecule has 4 N–H and O–H groups in total. The Kier molecular flexibility index (Phi) is 7.06. The minimum absolute atomic E-state index is 0.124. The van der Waals surface area contributed by atoms with E-state index >= 15 is 0 Å². The van der Waals surface area contributed by atoms with E-state index in [9.17, 15) is 14.7 Å². The predicted octanol–water partition coefficient (Wildman–Crippen LogP) is 2.56. The molecular formula is C23H24N4O3. The van der Waals surface area contributed by atoms with Gasteiger partial charge in [0.05, 0.1) is 6.07 Å². The smallest absolute Gasteiger partial charge is 0.243 e. The number of aromatic nitrogens is 1. The normalized spacial score (nSPS) is 11.6. The van der Waals surface area contributed by atoms with Gasteiger partial charge in [-0.2, -0.15) is 5.26 Å². The lowest BCUT2D eigenvalue weighted by atomic mass is 10.0. The Morgan fingerprint density at radius 3 is 2.67 bits per heavy atom. The van der Waals surface area contributed by atoms with Crippen molar-refractivity contribution in [2.45, 2.75) is 31.7 Å². The summed E-state index contributed by atoms with van der Waals surface area (Å²) in [5.74, 6) is -0.495. The number of rotatable bonds is 9. The van der Waals surface area contributed by atoms with Crippen LogP contribution in [-0.2, 0) is 22.4 Å². The molecule has 1 atom stereocenters. The minimum Gasteiger partial charge on any atom is -0.508 e. The number of H-pyrrole nitrogens is 1. The minimum atomic E-state index is -0.788. The van der Waals surface area contributed by atoms with Gasteiger partial charge in [0, 0.05) is 29.9 Å². The number of phenols is 1. The lowest BCUT2D eigenvalue weighted by molar-refractivity contribution is -0.128. The number of aromatic amines is 1. The van der Waals surface area contributed by atoms with Crippen molar-refractivity contribution in [3.8, 4) is 11.8 Å². The highest BCUT2D eigenvalue weighted by Crippen LogP contribution is 2.19. The second kappa shape index (κ2) is 10.1. The quantitative estimate of drug-likeness (QED) is 0.410. The van der Waals surface area contributed by atoms with Crippen molar-refractivity contribution in [2.75, 3.05) is 6.54 Å². The van der Waals surface area contributed by atoms with Crippen molar-refractivity contribution in [1.82, 2.24) is 15.6 Å². The van der Waals surface area contributed by atoms with Gasteiger partial charge in [-0.15, -0.1) is 0 Å². The Bertz CT molecular complexity index is 1050. The van der Waals surface area contributed by atoms with Crippen molar-refractivity contribution < 1.29 is 14.7 Å². The Morgan fingerprint density at radius 1 is 1.13 bits per heavy atom. The van der Waals surface area contributed by atoms with Gasteiger partial charge in [-0.1, -0.05) is 30.3 Å². The number of nitrogens with one attached hydrogen (secondary N) is 3. The van der Waals surface area contributed by atoms with Crippen LogP contribution in [0.4, 0.5) is 0 Å². The third kappa shape index (κ3) is 5.61. The highest BCUT2D eigenvalue weighted by atomic mass is 16.3. The maximum atomic E-state index is 12.5. The molecular weight excluding hydrogens is 380 g/mol. The number of nitrogens with zero attached hydrogens (tertiary/aromatic N) is 1. The monoisotopic (exact) mass is 404 g/mol. The predicted molar refractivity (Wildman–Crippen MR) is 114 cm³/mol. The number of para-hydroxylation sites is 1. The fraction of sp³-hybridized carbons (Fsp3) is 0.261. The van der Waals surface area contributed by atoms with E-state index in [1.165, 1.54) is 12.1 Å². The summed E-state index contributed by atoms with van der Waals surface area (Å²) in [5, 5.41) is 24.5. The van der Waals surface area contributed by atoms with E-state index in [0.717, 1.165) is 28.5 Å². The number of phenolic OH excluding ortho intramolecular Hbond substituents is 1. The highest BCUT2D eigenvalue weighted by Gasteiger charge is 2.21. The summed E-state index contributed by atoms with van der Waals surface area (Å²) in [6.07, 6.45) is 3.93. The Hall–Kier alpha value is -3.79. The van der Waals surface area contributed by atoms with Gasteiger partial charge in [-0.3, -0.25) is 9.59 Å². The zero-order valence-corrected chi connectivity index (χ0v) is 16.5. The molecule has 1 heterocycles. The molecule has 0 aliphatic rings. The summed E-state index contributed by atoms with van der Waals surface area (Å²) in [5.41, 5.74) is 3.02. The number of fused-ring (bicyclic) bond motifs is 1. The summed E-state index contributed by atoms with van der Waals surface area (Å²) in [6.45, 7) is -0.124. The number of amides is 2. The van der Waals surface area contributed by atoms with Crippen LogP contribution in [0.25, 0.3) is 10.9 Å². The summed E-state index contributed by atoms with van der Waals surface area (Å²) in [7, 11) is 0. The number of nitriles is 1. The van der Waals surface area contributed by atoms with E-state index in [1.54, 1.807) is 12.1 Å². The van der Waals surface area contributed by atoms with Gasteiger partial charge < -0.3 is 20.7 Å². The number of aryl methyl sites for hydroxylation is 1. The van der Waals surface area contributed by atoms with Crippen LogP contribution in [0.5, 0.6) is 5.75 Å². The molecule has 0 aliphatic heterocycles. The van der Waals surface area contributed by atoms with Crippen LogP contribution >= 0.6 is 0 Å². The maximum Gasteiger partial charge on any atom is 0.243 e. The maximum absolute atomic E-state index is 12.5. The van der Waals surface area contributed by atoms with Crippen LogP contribution in [-0.4, -0.2) is 34.5 Å². The summed E-state index contributed by atoms with van der Waals surface area (Å²) in [6, 6.07) is 15.6. The fourth-order valence-corrected chi connectivity index (χ4v) is 3.37. The van der Waals surface area contributed by atoms with Crippen molar-refractivity contribution in [3.05, 3.63) is 65.9 Å². The third-order valence-electron chi connectivity index (χ3n) is 4.89. The van der Waals surface area contributed by atoms with Gasteiger partial charge in [0.25, 0.3) is 0 Å². The molecule has 2 amide bonds. The van der Waals surface area contributed by atoms with Crippen LogP contribution in [0.1, 0.15) is 24.0 Å². The molecule has 1 aromatic heterocycles. The van der Waals surface area contributed by atoms with Gasteiger partial charge in [-0.05, 0) is 42.2 Å². The second-order valence-corrected chi connectivity index (χ2v) is 7.08. The summed E-state index contributed by atoms with van der Waals surface area (Å²) in [4.78, 5) is 28.1. The number of benzene rings is 2. The van der Waals surface area contributed by atoms with Gasteiger partial charge in [0.2, 0.25) is 11.8 Å². The molecule has 0 saturated carbocycles. The molecule has 2 aromatic carbocycles. The van der Waals surface area contributed by atoms with Crippen molar-refractivity contribution in [1.29, 1.82) is 5.26 Å². The molecule has 0 bridgehead atoms. The summed E-state index contributed by atoms with van der Waals surface area (Å²) < 4.78 is 0. The first kappa shape index (κ1) is 20.9. The Labute approximate surface area is 174 Å². The molecule has 0 aliphatic carbocycles. The number of aromatic hydroxyl groups is 1. The number of hydrogen-bond donors (Lipinski definition) is 4.